The van der Waals surface area contributed by atoms with Crippen LogP contribution in [0.4, 0.5) is 0 Å². The Balaban J connectivity index is 1.86. The smallest absolute Gasteiger partial charge is 0.272 e. The van der Waals surface area contributed by atoms with Crippen LogP contribution >= 0.6 is 11.6 Å². The Labute approximate surface area is 121 Å². The van der Waals surface area contributed by atoms with Gasteiger partial charge in [0.25, 0.3) is 11.8 Å². The maximum atomic E-state index is 11.7. The van der Waals surface area contributed by atoms with Crippen LogP contribution in [0.5, 0.6) is 0 Å². The van der Waals surface area contributed by atoms with Gasteiger partial charge in [-0.15, -0.1) is 0 Å². The highest BCUT2D eigenvalue weighted by atomic mass is 35.5. The zero-order valence-electron chi connectivity index (χ0n) is 10.9. The summed E-state index contributed by atoms with van der Waals surface area (Å²) in [5.41, 5.74) is 2.08. The minimum absolute atomic E-state index is 0.165. The van der Waals surface area contributed by atoms with Gasteiger partial charge in [-0.2, -0.15) is 0 Å². The number of nitrogens with zero attached hydrogens (tertiary/aromatic N) is 1. The second-order valence-electron chi connectivity index (χ2n) is 4.48. The summed E-state index contributed by atoms with van der Waals surface area (Å²) in [4.78, 5) is 35.4. The summed E-state index contributed by atoms with van der Waals surface area (Å²) in [5.74, 6) is -1.61. The van der Waals surface area contributed by atoms with E-state index in [-0.39, 0.29) is 11.6 Å². The number of aryl methyl sites for hydroxylation is 1. The quantitative estimate of drug-likeness (QED) is 0.845. The molecule has 0 bridgehead atoms. The van der Waals surface area contributed by atoms with Gasteiger partial charge in [-0.1, -0.05) is 41.4 Å². The van der Waals surface area contributed by atoms with E-state index in [0.717, 1.165) is 22.1 Å². The largest absolute Gasteiger partial charge is 0.350 e. The second kappa shape index (κ2) is 5.88. The molecule has 0 saturated heterocycles. The minimum atomic E-state index is -0.637. The summed E-state index contributed by atoms with van der Waals surface area (Å²) in [5, 5.41) is 2.48. The van der Waals surface area contributed by atoms with Crippen LogP contribution in [0.2, 0.25) is 0 Å². The number of carbonyl (C=O) groups excluding carboxylic acids is 3. The Morgan fingerprint density at radius 2 is 1.90 bits per heavy atom. The number of benzene rings is 1. The first-order chi connectivity index (χ1) is 9.47. The number of hydrogen-bond acceptors (Lipinski definition) is 3. The number of halogens is 1. The molecule has 1 N–H and O–H groups in total. The molecular formula is C14H13ClN2O3. The lowest BCUT2D eigenvalue weighted by Gasteiger charge is -2.13. The van der Waals surface area contributed by atoms with Gasteiger partial charge in [0.05, 0.1) is 0 Å². The predicted octanol–water partition coefficient (Wildman–Crippen LogP) is 1.10. The molecule has 1 aromatic carbocycles. The van der Waals surface area contributed by atoms with Crippen molar-refractivity contribution in [2.24, 2.45) is 0 Å². The van der Waals surface area contributed by atoms with Crippen molar-refractivity contribution in [2.45, 2.75) is 13.5 Å². The summed E-state index contributed by atoms with van der Waals surface area (Å²) in [6.45, 7) is 2.00. The molecule has 1 heterocycles. The molecule has 1 aromatic rings. The van der Waals surface area contributed by atoms with Crippen molar-refractivity contribution < 1.29 is 14.4 Å². The normalized spacial score (nSPS) is 14.5. The highest BCUT2D eigenvalue weighted by molar-refractivity contribution is 6.46. The fourth-order valence-corrected chi connectivity index (χ4v) is 1.93. The number of rotatable bonds is 4. The molecule has 0 radical (unpaired) electrons. The first-order valence-electron chi connectivity index (χ1n) is 6.02. The third-order valence-electron chi connectivity index (χ3n) is 2.88. The van der Waals surface area contributed by atoms with Crippen molar-refractivity contribution in [3.05, 3.63) is 46.5 Å². The molecule has 0 aliphatic carbocycles. The number of hydrogen-bond donors (Lipinski definition) is 1. The van der Waals surface area contributed by atoms with Gasteiger partial charge in [0.15, 0.2) is 0 Å². The molecule has 0 aromatic heterocycles. The van der Waals surface area contributed by atoms with Crippen LogP contribution in [0.1, 0.15) is 11.1 Å². The summed E-state index contributed by atoms with van der Waals surface area (Å²) >= 11 is 5.54. The molecule has 0 fully saturated rings. The molecule has 1 aliphatic rings. The van der Waals surface area contributed by atoms with E-state index in [9.17, 15) is 14.4 Å². The summed E-state index contributed by atoms with van der Waals surface area (Å²) in [6, 6.07) is 7.69. The van der Waals surface area contributed by atoms with Gasteiger partial charge in [-0.25, -0.2) is 0 Å². The van der Waals surface area contributed by atoms with E-state index in [4.69, 9.17) is 11.6 Å². The Kier molecular flexibility index (Phi) is 4.20. The fraction of sp³-hybridized carbons (Fsp3) is 0.214. The van der Waals surface area contributed by atoms with E-state index in [2.05, 4.69) is 5.32 Å². The van der Waals surface area contributed by atoms with E-state index in [1.54, 1.807) is 0 Å². The van der Waals surface area contributed by atoms with Crippen LogP contribution in [0.15, 0.2) is 35.4 Å². The van der Waals surface area contributed by atoms with Gasteiger partial charge in [-0.05, 0) is 12.5 Å². The molecule has 104 valence electrons. The summed E-state index contributed by atoms with van der Waals surface area (Å²) in [7, 11) is 0. The Bertz CT molecular complexity index is 593. The maximum absolute atomic E-state index is 11.7. The molecule has 1 aliphatic heterocycles. The Morgan fingerprint density at radius 3 is 2.45 bits per heavy atom. The van der Waals surface area contributed by atoms with E-state index in [1.165, 1.54) is 0 Å². The Hall–Kier alpha value is -2.14. The summed E-state index contributed by atoms with van der Waals surface area (Å²) in [6.07, 6.45) is 1.01. The Morgan fingerprint density at radius 1 is 1.25 bits per heavy atom. The van der Waals surface area contributed by atoms with E-state index >= 15 is 0 Å². The number of carbonyl (C=O) groups is 3. The summed E-state index contributed by atoms with van der Waals surface area (Å²) < 4.78 is 0. The fourth-order valence-electron chi connectivity index (χ4n) is 1.73. The number of nitrogens with one attached hydrogen (secondary N) is 1. The van der Waals surface area contributed by atoms with Crippen LogP contribution in [-0.4, -0.2) is 29.2 Å². The maximum Gasteiger partial charge on any atom is 0.272 e. The monoisotopic (exact) mass is 292 g/mol. The molecule has 3 amide bonds. The van der Waals surface area contributed by atoms with E-state index < -0.39 is 17.7 Å². The van der Waals surface area contributed by atoms with Crippen LogP contribution < -0.4 is 5.32 Å². The van der Waals surface area contributed by atoms with Crippen LogP contribution in [0, 0.1) is 6.92 Å². The first kappa shape index (κ1) is 14.3. The molecule has 5 nitrogen and oxygen atoms in total. The van der Waals surface area contributed by atoms with Crippen molar-refractivity contribution >= 4 is 29.3 Å². The average Bonchev–Trinajstić information content (AvgIpc) is 2.65. The molecule has 0 unspecified atom stereocenters. The molecule has 6 heteroatoms. The molecule has 0 atom stereocenters. The molecule has 0 saturated carbocycles. The van der Waals surface area contributed by atoms with Crippen molar-refractivity contribution in [3.63, 3.8) is 0 Å². The minimum Gasteiger partial charge on any atom is -0.350 e. The van der Waals surface area contributed by atoms with Crippen molar-refractivity contribution in [3.8, 4) is 0 Å². The highest BCUT2D eigenvalue weighted by Gasteiger charge is 2.31. The average molecular weight is 293 g/mol. The van der Waals surface area contributed by atoms with Crippen LogP contribution in [0.3, 0.4) is 0 Å². The molecule has 20 heavy (non-hydrogen) atoms. The van der Waals surface area contributed by atoms with Crippen molar-refractivity contribution in [1.29, 1.82) is 0 Å². The standard InChI is InChI=1S/C14H13ClN2O3/c1-9-2-4-10(5-3-9)7-16-12(18)8-17-13(19)6-11(15)14(17)20/h2-6H,7-8H2,1H3,(H,16,18). The van der Waals surface area contributed by atoms with Crippen LogP contribution in [-0.2, 0) is 20.9 Å². The zero-order chi connectivity index (χ0) is 14.7. The van der Waals surface area contributed by atoms with Gasteiger partial charge in [0.1, 0.15) is 11.6 Å². The van der Waals surface area contributed by atoms with Gasteiger partial charge in [-0.3, -0.25) is 19.3 Å². The lowest BCUT2D eigenvalue weighted by molar-refractivity contribution is -0.141. The van der Waals surface area contributed by atoms with Gasteiger partial charge < -0.3 is 5.32 Å². The topological polar surface area (TPSA) is 66.5 Å². The van der Waals surface area contributed by atoms with Crippen LogP contribution in [0.25, 0.3) is 0 Å². The SMILES string of the molecule is Cc1ccc(CNC(=O)CN2C(=O)C=C(Cl)C2=O)cc1. The molecular weight excluding hydrogens is 280 g/mol. The van der Waals surface area contributed by atoms with Crippen molar-refractivity contribution in [1.82, 2.24) is 10.2 Å². The van der Waals surface area contributed by atoms with Crippen molar-refractivity contribution in [2.75, 3.05) is 6.54 Å². The highest BCUT2D eigenvalue weighted by Crippen LogP contribution is 2.15. The van der Waals surface area contributed by atoms with Gasteiger partial charge in [0.2, 0.25) is 5.91 Å². The second-order valence-corrected chi connectivity index (χ2v) is 4.89. The van der Waals surface area contributed by atoms with E-state index in [0.29, 0.717) is 6.54 Å². The lowest BCUT2D eigenvalue weighted by atomic mass is 10.1. The van der Waals surface area contributed by atoms with E-state index in [1.807, 2.05) is 31.2 Å². The van der Waals surface area contributed by atoms with Gasteiger partial charge in [0, 0.05) is 12.6 Å². The molecule has 0 spiro atoms. The zero-order valence-corrected chi connectivity index (χ0v) is 11.6. The molecule has 2 rings (SSSR count). The third kappa shape index (κ3) is 3.24. The first-order valence-corrected chi connectivity index (χ1v) is 6.40. The number of imide groups is 1. The third-order valence-corrected chi connectivity index (χ3v) is 3.15. The lowest BCUT2D eigenvalue weighted by Crippen LogP contribution is -2.40. The number of amides is 3. The van der Waals surface area contributed by atoms with Gasteiger partial charge >= 0.3 is 0 Å². The predicted molar refractivity (Wildman–Crippen MR) is 73.7 cm³/mol.